The maximum absolute atomic E-state index is 5.36. The molecule has 0 bridgehead atoms. The summed E-state index contributed by atoms with van der Waals surface area (Å²) in [5, 5.41) is 8.50. The summed E-state index contributed by atoms with van der Waals surface area (Å²) < 4.78 is 7.37. The molecule has 0 unspecified atom stereocenters. The first-order valence-electron chi connectivity index (χ1n) is 9.97. The summed E-state index contributed by atoms with van der Waals surface area (Å²) >= 11 is 0. The van der Waals surface area contributed by atoms with Gasteiger partial charge >= 0.3 is 0 Å². The van der Waals surface area contributed by atoms with Gasteiger partial charge in [-0.3, -0.25) is 0 Å². The average Bonchev–Trinajstić information content (AvgIpc) is 3.32. The van der Waals surface area contributed by atoms with Crippen LogP contribution in [0.15, 0.2) is 24.4 Å². The number of ether oxygens (including phenoxy) is 1. The van der Waals surface area contributed by atoms with Crippen molar-refractivity contribution >= 4 is 11.5 Å². The SMILES string of the molecule is CCC(CC)Nc1c2c(nc3c(-c4ccc(OC)cc4C)cnn13)CCC2. The molecule has 5 nitrogen and oxygen atoms in total. The summed E-state index contributed by atoms with van der Waals surface area (Å²) in [5.74, 6) is 2.01. The number of rotatable bonds is 6. The van der Waals surface area contributed by atoms with Crippen LogP contribution in [0.3, 0.4) is 0 Å². The third-order valence-corrected chi connectivity index (χ3v) is 5.72. The Bertz CT molecular complexity index is 972. The van der Waals surface area contributed by atoms with E-state index in [0.717, 1.165) is 54.0 Å². The number of nitrogens with one attached hydrogen (secondary N) is 1. The lowest BCUT2D eigenvalue weighted by Gasteiger charge is -2.20. The molecule has 0 aliphatic heterocycles. The number of anilines is 1. The molecule has 0 fully saturated rings. The molecule has 5 heteroatoms. The van der Waals surface area contributed by atoms with Crippen LogP contribution < -0.4 is 10.1 Å². The molecule has 0 saturated carbocycles. The second-order valence-corrected chi connectivity index (χ2v) is 7.37. The first-order chi connectivity index (χ1) is 13.2. The van der Waals surface area contributed by atoms with Crippen LogP contribution in [-0.2, 0) is 12.8 Å². The van der Waals surface area contributed by atoms with Gasteiger partial charge in [-0.2, -0.15) is 9.61 Å². The van der Waals surface area contributed by atoms with Gasteiger partial charge in [0.2, 0.25) is 0 Å². The molecule has 0 saturated heterocycles. The number of aromatic nitrogens is 3. The minimum absolute atomic E-state index is 0.454. The lowest BCUT2D eigenvalue weighted by molar-refractivity contribution is 0.414. The summed E-state index contributed by atoms with van der Waals surface area (Å²) in [5.41, 5.74) is 6.92. The van der Waals surface area contributed by atoms with Gasteiger partial charge in [0.15, 0.2) is 5.65 Å². The van der Waals surface area contributed by atoms with Crippen LogP contribution in [0.25, 0.3) is 16.8 Å². The molecule has 0 amide bonds. The van der Waals surface area contributed by atoms with E-state index in [4.69, 9.17) is 14.8 Å². The minimum Gasteiger partial charge on any atom is -0.497 e. The van der Waals surface area contributed by atoms with Gasteiger partial charge in [0.1, 0.15) is 11.6 Å². The quantitative estimate of drug-likeness (QED) is 0.682. The van der Waals surface area contributed by atoms with Gasteiger partial charge in [-0.15, -0.1) is 0 Å². The van der Waals surface area contributed by atoms with E-state index in [1.807, 2.05) is 16.8 Å². The topological polar surface area (TPSA) is 51.5 Å². The predicted molar refractivity (Wildman–Crippen MR) is 110 cm³/mol. The van der Waals surface area contributed by atoms with Crippen LogP contribution in [0, 0.1) is 6.92 Å². The fraction of sp³-hybridized carbons (Fsp3) is 0.455. The molecule has 0 radical (unpaired) electrons. The Balaban J connectivity index is 1.88. The zero-order valence-corrected chi connectivity index (χ0v) is 16.7. The monoisotopic (exact) mass is 364 g/mol. The van der Waals surface area contributed by atoms with E-state index >= 15 is 0 Å². The third-order valence-electron chi connectivity index (χ3n) is 5.72. The van der Waals surface area contributed by atoms with Crippen molar-refractivity contribution in [2.24, 2.45) is 0 Å². The molecule has 2 heterocycles. The Morgan fingerprint density at radius 3 is 2.70 bits per heavy atom. The second kappa shape index (κ2) is 7.22. The summed E-state index contributed by atoms with van der Waals surface area (Å²) in [6.07, 6.45) is 7.45. The number of nitrogens with zero attached hydrogens (tertiary/aromatic N) is 3. The molecule has 2 aromatic heterocycles. The molecule has 1 aliphatic rings. The van der Waals surface area contributed by atoms with Gasteiger partial charge in [-0.1, -0.05) is 19.9 Å². The number of aryl methyl sites for hydroxylation is 2. The molecule has 142 valence electrons. The van der Waals surface area contributed by atoms with Crippen LogP contribution in [-0.4, -0.2) is 27.7 Å². The molecule has 4 rings (SSSR count). The highest BCUT2D eigenvalue weighted by Crippen LogP contribution is 2.34. The molecule has 27 heavy (non-hydrogen) atoms. The molecule has 1 N–H and O–H groups in total. The van der Waals surface area contributed by atoms with Crippen molar-refractivity contribution in [1.82, 2.24) is 14.6 Å². The highest BCUT2D eigenvalue weighted by Gasteiger charge is 2.24. The van der Waals surface area contributed by atoms with E-state index in [9.17, 15) is 0 Å². The number of methoxy groups -OCH3 is 1. The number of fused-ring (bicyclic) bond motifs is 2. The van der Waals surface area contributed by atoms with E-state index in [0.29, 0.717) is 6.04 Å². The van der Waals surface area contributed by atoms with Crippen molar-refractivity contribution in [3.63, 3.8) is 0 Å². The lowest BCUT2D eigenvalue weighted by Crippen LogP contribution is -2.21. The standard InChI is InChI=1S/C22H28N4O/c1-5-15(6-2)24-21-18-8-7-9-20(18)25-22-19(13-23-26(21)22)17-11-10-16(27-4)12-14(17)3/h10-13,15,24H,5-9H2,1-4H3. The van der Waals surface area contributed by atoms with E-state index in [1.54, 1.807) is 7.11 Å². The van der Waals surface area contributed by atoms with E-state index in [2.05, 4.69) is 38.2 Å². The lowest BCUT2D eigenvalue weighted by atomic mass is 10.0. The van der Waals surface area contributed by atoms with E-state index in [-0.39, 0.29) is 0 Å². The molecule has 3 aromatic rings. The van der Waals surface area contributed by atoms with Crippen molar-refractivity contribution < 1.29 is 4.74 Å². The maximum Gasteiger partial charge on any atom is 0.165 e. The summed E-state index contributed by atoms with van der Waals surface area (Å²) in [6, 6.07) is 6.63. The zero-order chi connectivity index (χ0) is 19.0. The van der Waals surface area contributed by atoms with Crippen molar-refractivity contribution in [2.45, 2.75) is 58.9 Å². The summed E-state index contributed by atoms with van der Waals surface area (Å²) in [7, 11) is 1.70. The normalized spacial score (nSPS) is 13.4. The van der Waals surface area contributed by atoms with E-state index in [1.165, 1.54) is 23.2 Å². The largest absolute Gasteiger partial charge is 0.497 e. The molecule has 0 spiro atoms. The first kappa shape index (κ1) is 17.8. The van der Waals surface area contributed by atoms with Crippen molar-refractivity contribution in [3.8, 4) is 16.9 Å². The third kappa shape index (κ3) is 3.05. The zero-order valence-electron chi connectivity index (χ0n) is 16.7. The molecule has 1 aromatic carbocycles. The molecule has 1 aliphatic carbocycles. The Kier molecular flexibility index (Phi) is 4.77. The van der Waals surface area contributed by atoms with E-state index < -0.39 is 0 Å². The fourth-order valence-corrected chi connectivity index (χ4v) is 4.06. The number of hydrogen-bond acceptors (Lipinski definition) is 4. The predicted octanol–water partition coefficient (Wildman–Crippen LogP) is 4.80. The Hall–Kier alpha value is -2.56. The van der Waals surface area contributed by atoms with Crippen LogP contribution in [0.4, 0.5) is 5.82 Å². The summed E-state index contributed by atoms with van der Waals surface area (Å²) in [6.45, 7) is 6.57. The second-order valence-electron chi connectivity index (χ2n) is 7.37. The van der Waals surface area contributed by atoms with Crippen LogP contribution in [0.1, 0.15) is 49.9 Å². The van der Waals surface area contributed by atoms with Gasteiger partial charge in [0.05, 0.1) is 13.3 Å². The number of benzene rings is 1. The van der Waals surface area contributed by atoms with Crippen molar-refractivity contribution in [2.75, 3.05) is 12.4 Å². The number of hydrogen-bond donors (Lipinski definition) is 1. The van der Waals surface area contributed by atoms with Crippen LogP contribution in [0.5, 0.6) is 5.75 Å². The molecule has 0 atom stereocenters. The van der Waals surface area contributed by atoms with Crippen molar-refractivity contribution in [1.29, 1.82) is 0 Å². The first-order valence-corrected chi connectivity index (χ1v) is 9.97. The smallest absolute Gasteiger partial charge is 0.165 e. The fourth-order valence-electron chi connectivity index (χ4n) is 4.06. The van der Waals surface area contributed by atoms with Gasteiger partial charge in [0.25, 0.3) is 0 Å². The van der Waals surface area contributed by atoms with Gasteiger partial charge in [-0.05, 0) is 62.3 Å². The molecular weight excluding hydrogens is 336 g/mol. The highest BCUT2D eigenvalue weighted by molar-refractivity contribution is 5.81. The van der Waals surface area contributed by atoms with Crippen LogP contribution in [0.2, 0.25) is 0 Å². The Labute approximate surface area is 160 Å². The molecular formula is C22H28N4O. The minimum atomic E-state index is 0.454. The Morgan fingerprint density at radius 2 is 2.00 bits per heavy atom. The highest BCUT2D eigenvalue weighted by atomic mass is 16.5. The van der Waals surface area contributed by atoms with Gasteiger partial charge in [0, 0.05) is 22.9 Å². The Morgan fingerprint density at radius 1 is 1.19 bits per heavy atom. The van der Waals surface area contributed by atoms with Crippen LogP contribution >= 0.6 is 0 Å². The van der Waals surface area contributed by atoms with Crippen molar-refractivity contribution in [3.05, 3.63) is 41.2 Å². The van der Waals surface area contributed by atoms with Gasteiger partial charge < -0.3 is 10.1 Å². The average molecular weight is 364 g/mol. The summed E-state index contributed by atoms with van der Waals surface area (Å²) in [4.78, 5) is 5.02. The van der Waals surface area contributed by atoms with Gasteiger partial charge in [-0.25, -0.2) is 4.98 Å². The maximum atomic E-state index is 5.36.